The Morgan fingerprint density at radius 1 is 1.00 bits per heavy atom. The number of ketones is 2. The predicted molar refractivity (Wildman–Crippen MR) is 83.5 cm³/mol. The van der Waals surface area contributed by atoms with Gasteiger partial charge in [0.1, 0.15) is 11.6 Å². The lowest BCUT2D eigenvalue weighted by molar-refractivity contribution is -0.155. The summed E-state index contributed by atoms with van der Waals surface area (Å²) in [5.41, 5.74) is -0.354. The first-order chi connectivity index (χ1) is 10.9. The molecule has 1 unspecified atom stereocenters. The number of rotatable bonds is 0. The van der Waals surface area contributed by atoms with E-state index < -0.39 is 0 Å². The number of cyclic esters (lactones) is 1. The minimum atomic E-state index is -0.278. The number of carbonyl (C=O) groups is 3. The van der Waals surface area contributed by atoms with E-state index in [2.05, 4.69) is 13.8 Å². The van der Waals surface area contributed by atoms with Crippen molar-refractivity contribution < 1.29 is 19.1 Å². The Morgan fingerprint density at radius 2 is 1.78 bits per heavy atom. The molecular formula is C19H26O4. The molecule has 4 rings (SSSR count). The largest absolute Gasteiger partial charge is 0.465 e. The summed E-state index contributed by atoms with van der Waals surface area (Å²) in [6, 6.07) is 0. The summed E-state index contributed by atoms with van der Waals surface area (Å²) in [5.74, 6) is 1.16. The second-order valence-corrected chi connectivity index (χ2v) is 8.73. The monoisotopic (exact) mass is 318 g/mol. The van der Waals surface area contributed by atoms with Crippen LogP contribution in [0.25, 0.3) is 0 Å². The maximum absolute atomic E-state index is 12.5. The fourth-order valence-corrected chi connectivity index (χ4v) is 6.33. The molecule has 1 saturated heterocycles. The molecule has 126 valence electrons. The van der Waals surface area contributed by atoms with E-state index in [1.807, 2.05) is 0 Å². The summed E-state index contributed by atoms with van der Waals surface area (Å²) < 4.78 is 5.64. The quantitative estimate of drug-likeness (QED) is 0.644. The van der Waals surface area contributed by atoms with Crippen LogP contribution in [0.4, 0.5) is 0 Å². The fraction of sp³-hybridized carbons (Fsp3) is 0.842. The van der Waals surface area contributed by atoms with Crippen molar-refractivity contribution in [1.82, 2.24) is 0 Å². The second kappa shape index (κ2) is 4.90. The molecule has 0 aromatic rings. The number of hydrogen-bond acceptors (Lipinski definition) is 4. The summed E-state index contributed by atoms with van der Waals surface area (Å²) in [5, 5.41) is 0. The average molecular weight is 318 g/mol. The molecule has 0 radical (unpaired) electrons. The summed E-state index contributed by atoms with van der Waals surface area (Å²) in [4.78, 5) is 36.8. The molecule has 1 heterocycles. The van der Waals surface area contributed by atoms with Crippen molar-refractivity contribution >= 4 is 17.5 Å². The summed E-state index contributed by atoms with van der Waals surface area (Å²) in [6.45, 7) is 4.77. The molecule has 0 spiro atoms. The van der Waals surface area contributed by atoms with Crippen LogP contribution in [0, 0.1) is 34.5 Å². The molecule has 0 bridgehead atoms. The van der Waals surface area contributed by atoms with E-state index >= 15 is 0 Å². The van der Waals surface area contributed by atoms with Crippen molar-refractivity contribution in [3.8, 4) is 0 Å². The zero-order valence-electron chi connectivity index (χ0n) is 14.1. The lowest BCUT2D eigenvalue weighted by atomic mass is 9.50. The molecular weight excluding hydrogens is 292 g/mol. The highest BCUT2D eigenvalue weighted by atomic mass is 16.5. The van der Waals surface area contributed by atoms with E-state index in [1.165, 1.54) is 0 Å². The van der Waals surface area contributed by atoms with Crippen LogP contribution in [0.15, 0.2) is 0 Å². The maximum Gasteiger partial charge on any atom is 0.309 e. The van der Waals surface area contributed by atoms with Crippen molar-refractivity contribution in [2.75, 3.05) is 6.61 Å². The van der Waals surface area contributed by atoms with E-state index in [4.69, 9.17) is 4.74 Å². The van der Waals surface area contributed by atoms with Gasteiger partial charge in [-0.2, -0.15) is 0 Å². The van der Waals surface area contributed by atoms with Crippen molar-refractivity contribution in [3.05, 3.63) is 0 Å². The van der Waals surface area contributed by atoms with Gasteiger partial charge >= 0.3 is 5.97 Å². The third-order valence-electron chi connectivity index (χ3n) is 7.87. The van der Waals surface area contributed by atoms with E-state index in [-0.39, 0.29) is 34.4 Å². The van der Waals surface area contributed by atoms with Gasteiger partial charge in [0.05, 0.1) is 12.5 Å². The van der Waals surface area contributed by atoms with Gasteiger partial charge in [-0.25, -0.2) is 0 Å². The van der Waals surface area contributed by atoms with Gasteiger partial charge in [0.2, 0.25) is 0 Å². The highest BCUT2D eigenvalue weighted by molar-refractivity contribution is 5.88. The fourth-order valence-electron chi connectivity index (χ4n) is 6.33. The molecule has 23 heavy (non-hydrogen) atoms. The van der Waals surface area contributed by atoms with Crippen LogP contribution >= 0.6 is 0 Å². The first-order valence-corrected chi connectivity index (χ1v) is 9.08. The van der Waals surface area contributed by atoms with Crippen LogP contribution in [0.5, 0.6) is 0 Å². The van der Waals surface area contributed by atoms with E-state index in [0.29, 0.717) is 43.5 Å². The molecule has 0 aromatic carbocycles. The molecule has 3 saturated carbocycles. The van der Waals surface area contributed by atoms with Gasteiger partial charge in [-0.3, -0.25) is 14.4 Å². The molecule has 3 aliphatic carbocycles. The number of Topliss-reactive ketones (excluding diaryl/α,β-unsaturated/α-hetero) is 2. The average Bonchev–Trinajstić information content (AvgIpc) is 2.77. The smallest absolute Gasteiger partial charge is 0.309 e. The van der Waals surface area contributed by atoms with Crippen LogP contribution in [0.3, 0.4) is 0 Å². The van der Waals surface area contributed by atoms with Gasteiger partial charge in [-0.05, 0) is 42.9 Å². The molecule has 0 aromatic heterocycles. The summed E-state index contributed by atoms with van der Waals surface area (Å²) in [7, 11) is 0. The summed E-state index contributed by atoms with van der Waals surface area (Å²) in [6.07, 6.45) is 5.27. The second-order valence-electron chi connectivity index (χ2n) is 8.73. The van der Waals surface area contributed by atoms with Crippen molar-refractivity contribution in [1.29, 1.82) is 0 Å². The Bertz CT molecular complexity index is 582. The Kier molecular flexibility index (Phi) is 3.27. The zero-order valence-corrected chi connectivity index (χ0v) is 14.1. The normalized spacial score (nSPS) is 49.7. The number of esters is 1. The van der Waals surface area contributed by atoms with Gasteiger partial charge in [0, 0.05) is 30.6 Å². The number of hydrogen-bond donors (Lipinski definition) is 0. The Morgan fingerprint density at radius 3 is 2.57 bits per heavy atom. The molecule has 0 amide bonds. The maximum atomic E-state index is 12.5. The number of ether oxygens (including phenoxy) is 1. The van der Waals surface area contributed by atoms with Gasteiger partial charge in [-0.15, -0.1) is 0 Å². The van der Waals surface area contributed by atoms with E-state index in [1.54, 1.807) is 0 Å². The topological polar surface area (TPSA) is 60.4 Å². The van der Waals surface area contributed by atoms with Crippen LogP contribution < -0.4 is 0 Å². The third kappa shape index (κ3) is 1.99. The van der Waals surface area contributed by atoms with E-state index in [0.717, 1.165) is 25.7 Å². The molecule has 4 aliphatic rings. The minimum absolute atomic E-state index is 0.140. The number of carbonyl (C=O) groups excluding carboxylic acids is 3. The van der Waals surface area contributed by atoms with Gasteiger partial charge in [0.15, 0.2) is 0 Å². The number of fused-ring (bicyclic) bond motifs is 5. The van der Waals surface area contributed by atoms with Gasteiger partial charge in [0.25, 0.3) is 0 Å². The van der Waals surface area contributed by atoms with Crippen molar-refractivity contribution in [2.45, 2.75) is 58.8 Å². The molecule has 4 fully saturated rings. The van der Waals surface area contributed by atoms with Gasteiger partial charge < -0.3 is 4.74 Å². The lowest BCUT2D eigenvalue weighted by Gasteiger charge is -2.52. The molecule has 6 atom stereocenters. The highest BCUT2D eigenvalue weighted by Gasteiger charge is 2.61. The van der Waals surface area contributed by atoms with Crippen LogP contribution in [-0.2, 0) is 19.1 Å². The van der Waals surface area contributed by atoms with Crippen LogP contribution in [-0.4, -0.2) is 24.1 Å². The van der Waals surface area contributed by atoms with Gasteiger partial charge in [-0.1, -0.05) is 13.8 Å². The molecule has 1 aliphatic heterocycles. The minimum Gasteiger partial charge on any atom is -0.465 e. The first-order valence-electron chi connectivity index (χ1n) is 9.08. The zero-order chi connectivity index (χ0) is 16.4. The molecule has 0 N–H and O–H groups in total. The van der Waals surface area contributed by atoms with Crippen molar-refractivity contribution in [3.63, 3.8) is 0 Å². The predicted octanol–water partition coefficient (Wildman–Crippen LogP) is 2.93. The highest BCUT2D eigenvalue weighted by Crippen LogP contribution is 2.62. The van der Waals surface area contributed by atoms with E-state index in [9.17, 15) is 14.4 Å². The SMILES string of the molecule is C[C@]12CCC(=O)CC1C(=O)OC[C@@H]1[C@@H]2CC[C@]2(C)C(=O)CC[C@@H]12. The third-order valence-corrected chi connectivity index (χ3v) is 7.87. The van der Waals surface area contributed by atoms with Crippen molar-refractivity contribution in [2.24, 2.45) is 34.5 Å². The Balaban J connectivity index is 1.72. The molecule has 4 heteroatoms. The summed E-state index contributed by atoms with van der Waals surface area (Å²) >= 11 is 0. The Labute approximate surface area is 137 Å². The van der Waals surface area contributed by atoms with Crippen LogP contribution in [0.1, 0.15) is 58.8 Å². The first kappa shape index (κ1) is 15.3. The standard InChI is InChI=1S/C19H26O4/c1-18-7-5-11(20)9-15(18)17(22)23-10-12-13-3-4-16(21)19(13,2)8-6-14(12)18/h12-15H,3-10H2,1-2H3/t12-,13-,14-,15?,18+,19-/m0/s1. The lowest BCUT2D eigenvalue weighted by Crippen LogP contribution is -2.50. The molecule has 4 nitrogen and oxygen atoms in total. The Hall–Kier alpha value is -1.19. The van der Waals surface area contributed by atoms with Crippen LogP contribution in [0.2, 0.25) is 0 Å².